The number of carbonyl (C=O) groups is 1. The monoisotopic (exact) mass is 315 g/mol. The highest BCUT2D eigenvalue weighted by molar-refractivity contribution is 5.92. The van der Waals surface area contributed by atoms with Gasteiger partial charge in [0.05, 0.1) is 18.2 Å². The highest BCUT2D eigenvalue weighted by Gasteiger charge is 2.34. The van der Waals surface area contributed by atoms with Gasteiger partial charge in [0.1, 0.15) is 0 Å². The van der Waals surface area contributed by atoms with E-state index in [1.807, 2.05) is 17.8 Å². The fourth-order valence-corrected chi connectivity index (χ4v) is 3.32. The predicted molar refractivity (Wildman–Crippen MR) is 83.8 cm³/mol. The van der Waals surface area contributed by atoms with Crippen molar-refractivity contribution in [2.24, 2.45) is 13.0 Å². The van der Waals surface area contributed by atoms with Gasteiger partial charge in [0.25, 0.3) is 0 Å². The number of amides is 1. The number of aromatic amines is 1. The van der Waals surface area contributed by atoms with Crippen LogP contribution in [0, 0.1) is 5.92 Å². The smallest absolute Gasteiger partial charge is 0.231 e. The Morgan fingerprint density at radius 1 is 1.43 bits per heavy atom. The molecule has 3 heterocycles. The van der Waals surface area contributed by atoms with Crippen LogP contribution in [0.25, 0.3) is 0 Å². The Labute approximate surface area is 134 Å². The lowest BCUT2D eigenvalue weighted by Gasteiger charge is -2.29. The van der Waals surface area contributed by atoms with Gasteiger partial charge in [-0.2, -0.15) is 10.2 Å². The Kier molecular flexibility index (Phi) is 3.65. The van der Waals surface area contributed by atoms with E-state index in [2.05, 4.69) is 20.6 Å². The normalized spacial score (nSPS) is 24.6. The van der Waals surface area contributed by atoms with Crippen LogP contribution in [-0.2, 0) is 16.6 Å². The lowest BCUT2D eigenvalue weighted by molar-refractivity contribution is -0.129. The van der Waals surface area contributed by atoms with E-state index in [0.717, 1.165) is 18.4 Å². The Balaban J connectivity index is 1.49. The highest BCUT2D eigenvalue weighted by atomic mass is 16.5. The molecule has 0 bridgehead atoms. The van der Waals surface area contributed by atoms with Gasteiger partial charge in [0.2, 0.25) is 5.91 Å². The van der Waals surface area contributed by atoms with Crippen molar-refractivity contribution in [3.63, 3.8) is 0 Å². The van der Waals surface area contributed by atoms with Crippen molar-refractivity contribution in [1.29, 1.82) is 0 Å². The maximum Gasteiger partial charge on any atom is 0.231 e. The summed E-state index contributed by atoms with van der Waals surface area (Å²) in [5.74, 6) is 0.995. The van der Waals surface area contributed by atoms with Crippen LogP contribution in [0.5, 0.6) is 0 Å². The van der Waals surface area contributed by atoms with Gasteiger partial charge in [-0.1, -0.05) is 0 Å². The fourth-order valence-electron chi connectivity index (χ4n) is 3.32. The van der Waals surface area contributed by atoms with Crippen molar-refractivity contribution < 1.29 is 9.53 Å². The van der Waals surface area contributed by atoms with E-state index in [0.29, 0.717) is 18.3 Å². The Morgan fingerprint density at radius 3 is 3.04 bits per heavy atom. The minimum Gasteiger partial charge on any atom is -0.373 e. The molecule has 2 aromatic heterocycles. The summed E-state index contributed by atoms with van der Waals surface area (Å²) < 4.78 is 7.70. The standard InChI is InChI=1S/C16H21N5O2/c1-21-13(10-4-5-10)7-14(20-21)19-16(22)12-3-2-6-23-15(12)11-8-17-18-9-11/h7-10,12,15H,2-6H2,1H3,(H,17,18)(H,19,20,22)/t12-,15+/m1/s1. The molecule has 2 fully saturated rings. The molecule has 122 valence electrons. The molecule has 0 radical (unpaired) electrons. The molecule has 2 aromatic rings. The van der Waals surface area contributed by atoms with Crippen LogP contribution in [0.2, 0.25) is 0 Å². The average Bonchev–Trinajstić information content (AvgIpc) is 3.11. The van der Waals surface area contributed by atoms with E-state index in [4.69, 9.17) is 4.74 Å². The van der Waals surface area contributed by atoms with Crippen molar-refractivity contribution in [2.45, 2.75) is 37.7 Å². The Hall–Kier alpha value is -2.15. The maximum absolute atomic E-state index is 12.7. The third-order valence-corrected chi connectivity index (χ3v) is 4.67. The summed E-state index contributed by atoms with van der Waals surface area (Å²) >= 11 is 0. The van der Waals surface area contributed by atoms with Crippen LogP contribution in [0.4, 0.5) is 5.82 Å². The SMILES string of the molecule is Cn1nc(NC(=O)[C@@H]2CCCO[C@H]2c2cn[nH]c2)cc1C1CC1. The number of anilines is 1. The molecule has 23 heavy (non-hydrogen) atoms. The topological polar surface area (TPSA) is 84.8 Å². The van der Waals surface area contributed by atoms with Crippen LogP contribution in [-0.4, -0.2) is 32.5 Å². The number of aryl methyl sites for hydroxylation is 1. The molecule has 7 heteroatoms. The summed E-state index contributed by atoms with van der Waals surface area (Å²) in [6.45, 7) is 0.676. The van der Waals surface area contributed by atoms with E-state index in [1.165, 1.54) is 18.5 Å². The van der Waals surface area contributed by atoms with Gasteiger partial charge in [0, 0.05) is 43.1 Å². The lowest BCUT2D eigenvalue weighted by Crippen LogP contribution is -2.33. The molecule has 1 saturated carbocycles. The average molecular weight is 315 g/mol. The van der Waals surface area contributed by atoms with Gasteiger partial charge >= 0.3 is 0 Å². The first-order valence-electron chi connectivity index (χ1n) is 8.17. The molecular weight excluding hydrogens is 294 g/mol. The van der Waals surface area contributed by atoms with Crippen molar-refractivity contribution in [3.05, 3.63) is 29.7 Å². The highest BCUT2D eigenvalue weighted by Crippen LogP contribution is 2.40. The Bertz CT molecular complexity index is 689. The summed E-state index contributed by atoms with van der Waals surface area (Å²) in [5, 5.41) is 14.1. The molecule has 0 spiro atoms. The molecule has 1 aliphatic heterocycles. The van der Waals surface area contributed by atoms with Crippen LogP contribution < -0.4 is 5.32 Å². The second-order valence-electron chi connectivity index (χ2n) is 6.41. The summed E-state index contributed by atoms with van der Waals surface area (Å²) in [5.41, 5.74) is 2.12. The molecule has 2 N–H and O–H groups in total. The molecule has 0 unspecified atom stereocenters. The third-order valence-electron chi connectivity index (χ3n) is 4.67. The van der Waals surface area contributed by atoms with Crippen LogP contribution in [0.3, 0.4) is 0 Å². The Morgan fingerprint density at radius 2 is 2.30 bits per heavy atom. The van der Waals surface area contributed by atoms with E-state index >= 15 is 0 Å². The van der Waals surface area contributed by atoms with Gasteiger partial charge in [-0.3, -0.25) is 14.6 Å². The van der Waals surface area contributed by atoms with Gasteiger partial charge in [-0.25, -0.2) is 0 Å². The number of ether oxygens (including phenoxy) is 1. The first kappa shape index (κ1) is 14.4. The number of aromatic nitrogens is 4. The number of nitrogens with one attached hydrogen (secondary N) is 2. The van der Waals surface area contributed by atoms with Crippen LogP contribution >= 0.6 is 0 Å². The zero-order valence-electron chi connectivity index (χ0n) is 13.2. The van der Waals surface area contributed by atoms with Gasteiger partial charge in [-0.05, 0) is 25.7 Å². The molecule has 1 aliphatic carbocycles. The summed E-state index contributed by atoms with van der Waals surface area (Å²) in [6.07, 6.45) is 7.41. The number of nitrogens with zero attached hydrogens (tertiary/aromatic N) is 3. The predicted octanol–water partition coefficient (Wildman–Crippen LogP) is 2.13. The first-order chi connectivity index (χ1) is 11.2. The van der Waals surface area contributed by atoms with Crippen molar-refractivity contribution >= 4 is 11.7 Å². The number of hydrogen-bond acceptors (Lipinski definition) is 4. The molecule has 1 saturated heterocycles. The molecule has 4 rings (SSSR count). The zero-order chi connectivity index (χ0) is 15.8. The van der Waals surface area contributed by atoms with Gasteiger partial charge in [0.15, 0.2) is 5.82 Å². The summed E-state index contributed by atoms with van der Waals surface area (Å²) in [6, 6.07) is 1.99. The van der Waals surface area contributed by atoms with E-state index in [9.17, 15) is 4.79 Å². The van der Waals surface area contributed by atoms with E-state index < -0.39 is 0 Å². The third kappa shape index (κ3) is 2.88. The zero-order valence-corrected chi connectivity index (χ0v) is 13.2. The molecule has 2 atom stereocenters. The number of hydrogen-bond donors (Lipinski definition) is 2. The second kappa shape index (κ2) is 5.81. The maximum atomic E-state index is 12.7. The molecule has 1 amide bonds. The quantitative estimate of drug-likeness (QED) is 0.905. The second-order valence-corrected chi connectivity index (χ2v) is 6.41. The fraction of sp³-hybridized carbons (Fsp3) is 0.562. The molecule has 7 nitrogen and oxygen atoms in total. The van der Waals surface area contributed by atoms with Crippen LogP contribution in [0.1, 0.15) is 49.0 Å². The van der Waals surface area contributed by atoms with Crippen LogP contribution in [0.15, 0.2) is 18.5 Å². The first-order valence-corrected chi connectivity index (χ1v) is 8.17. The largest absolute Gasteiger partial charge is 0.373 e. The lowest BCUT2D eigenvalue weighted by atomic mass is 9.90. The minimum absolute atomic E-state index is 0.0312. The summed E-state index contributed by atoms with van der Waals surface area (Å²) in [4.78, 5) is 12.7. The van der Waals surface area contributed by atoms with E-state index in [1.54, 1.807) is 12.4 Å². The summed E-state index contributed by atoms with van der Waals surface area (Å²) in [7, 11) is 1.93. The molecule has 2 aliphatic rings. The van der Waals surface area contributed by atoms with Crippen molar-refractivity contribution in [1.82, 2.24) is 20.0 Å². The number of carbonyl (C=O) groups excluding carboxylic acids is 1. The van der Waals surface area contributed by atoms with Crippen molar-refractivity contribution in [3.8, 4) is 0 Å². The van der Waals surface area contributed by atoms with E-state index in [-0.39, 0.29) is 17.9 Å². The molecular formula is C16H21N5O2. The number of rotatable bonds is 4. The minimum atomic E-state index is -0.242. The van der Waals surface area contributed by atoms with Gasteiger partial charge in [-0.15, -0.1) is 0 Å². The van der Waals surface area contributed by atoms with Gasteiger partial charge < -0.3 is 10.1 Å². The number of H-pyrrole nitrogens is 1. The molecule has 0 aromatic carbocycles. The van der Waals surface area contributed by atoms with Crippen molar-refractivity contribution in [2.75, 3.05) is 11.9 Å².